The number of anilines is 3. The maximum Gasteiger partial charge on any atom is 0.410 e. The number of aryl methyl sites for hydroxylation is 1. The molecule has 0 saturated carbocycles. The summed E-state index contributed by atoms with van der Waals surface area (Å²) < 4.78 is 11.5. The Labute approximate surface area is 278 Å². The van der Waals surface area contributed by atoms with Crippen molar-refractivity contribution in [3.8, 4) is 17.6 Å². The van der Waals surface area contributed by atoms with Gasteiger partial charge in [0, 0.05) is 74.6 Å². The molecule has 1 unspecified atom stereocenters. The van der Waals surface area contributed by atoms with Gasteiger partial charge >= 0.3 is 6.09 Å². The first kappa shape index (κ1) is 32.3. The number of nitrogen functional groups attached to an aromatic ring is 1. The van der Waals surface area contributed by atoms with Gasteiger partial charge in [-0.2, -0.15) is 10.2 Å². The number of fused-ring (bicyclic) bond motifs is 1. The number of piperazine rings is 2. The minimum absolute atomic E-state index is 0.0748. The monoisotopic (exact) mass is 659 g/mol. The predicted molar refractivity (Wildman–Crippen MR) is 179 cm³/mol. The number of carbonyl (C=O) groups excluding carboxylic acids is 2. The molecule has 1 aliphatic carbocycles. The largest absolute Gasteiger partial charge is 0.444 e. The van der Waals surface area contributed by atoms with E-state index < -0.39 is 11.0 Å². The highest BCUT2D eigenvalue weighted by molar-refractivity contribution is 7.16. The van der Waals surface area contributed by atoms with Gasteiger partial charge in [-0.15, -0.1) is 11.3 Å². The Morgan fingerprint density at radius 1 is 1.09 bits per heavy atom. The molecular weight excluding hydrogens is 618 g/mol. The predicted octanol–water partition coefficient (Wildman–Crippen LogP) is 4.18. The molecule has 0 radical (unpaired) electrons. The number of thiophene rings is 1. The minimum Gasteiger partial charge on any atom is -0.444 e. The van der Waals surface area contributed by atoms with Crippen molar-refractivity contribution in [2.45, 2.75) is 58.0 Å². The van der Waals surface area contributed by atoms with Gasteiger partial charge in [-0.3, -0.25) is 4.79 Å². The second-order valence-corrected chi connectivity index (χ2v) is 14.5. The van der Waals surface area contributed by atoms with Crippen LogP contribution in [0.2, 0.25) is 0 Å². The number of ether oxygens (including phenoxy) is 1. The van der Waals surface area contributed by atoms with Crippen LogP contribution in [0.4, 0.5) is 21.3 Å². The number of aromatic nitrogens is 3. The lowest BCUT2D eigenvalue weighted by molar-refractivity contribution is -0.126. The first-order valence-electron chi connectivity index (χ1n) is 16.0. The Balaban J connectivity index is 1.31. The van der Waals surface area contributed by atoms with Crippen LogP contribution < -0.4 is 15.5 Å². The Morgan fingerprint density at radius 3 is 2.43 bits per heavy atom. The molecule has 2 N–H and O–H groups in total. The van der Waals surface area contributed by atoms with Crippen LogP contribution in [0.5, 0.6) is 0 Å². The maximum atomic E-state index is 12.7. The number of pyridine rings is 1. The van der Waals surface area contributed by atoms with Crippen molar-refractivity contribution in [2.24, 2.45) is 0 Å². The van der Waals surface area contributed by atoms with Gasteiger partial charge in [0.15, 0.2) is 0 Å². The van der Waals surface area contributed by atoms with Crippen LogP contribution in [0.15, 0.2) is 29.3 Å². The summed E-state index contributed by atoms with van der Waals surface area (Å²) >= 11 is 1.46. The highest BCUT2D eigenvalue weighted by Gasteiger charge is 2.43. The number of hydrogen-bond acceptors (Lipinski definition) is 12. The Morgan fingerprint density at radius 2 is 1.77 bits per heavy atom. The number of nitrogens with zero attached hydrogens (tertiary/aromatic N) is 8. The van der Waals surface area contributed by atoms with Crippen molar-refractivity contribution in [2.75, 3.05) is 67.9 Å². The van der Waals surface area contributed by atoms with Crippen LogP contribution in [0.25, 0.3) is 11.5 Å². The minimum atomic E-state index is -0.648. The summed E-state index contributed by atoms with van der Waals surface area (Å²) in [6.07, 6.45) is 3.56. The molecule has 13 nitrogen and oxygen atoms in total. The molecule has 2 aliphatic heterocycles. The van der Waals surface area contributed by atoms with Crippen molar-refractivity contribution in [1.82, 2.24) is 24.9 Å². The quantitative estimate of drug-likeness (QED) is 0.392. The fourth-order valence-corrected chi connectivity index (χ4v) is 7.77. The number of carbonyl (C=O) groups is 2. The summed E-state index contributed by atoms with van der Waals surface area (Å²) in [6, 6.07) is 6.30. The standard InChI is InChI=1S/C33H41N9O4S/c1-6-26(43)41-14-10-39(11-15-41)21-18-23(36-25(19-21)40-12-16-42(17-13-40)31(44)45-32(2,3)4)29-37-30(46-38-29)33(5)9-7-8-24-27(33)22(20-34)28(35)47-24/h6,18-19H,1,7-17,35H2,2-5H3. The zero-order valence-corrected chi connectivity index (χ0v) is 28.2. The number of amides is 2. The molecule has 3 aromatic heterocycles. The number of nitrogens with two attached hydrogens (primary N) is 1. The topological polar surface area (TPSA) is 158 Å². The van der Waals surface area contributed by atoms with Gasteiger partial charge in [-0.05, 0) is 59.1 Å². The molecular formula is C33H41N9O4S. The molecule has 0 spiro atoms. The van der Waals surface area contributed by atoms with Crippen LogP contribution in [-0.4, -0.2) is 94.9 Å². The van der Waals surface area contributed by atoms with E-state index in [1.807, 2.05) is 39.8 Å². The fraction of sp³-hybridized carbons (Fsp3) is 0.515. The molecule has 14 heteroatoms. The zero-order chi connectivity index (χ0) is 33.5. The van der Waals surface area contributed by atoms with Crippen LogP contribution in [0, 0.1) is 11.3 Å². The smallest absolute Gasteiger partial charge is 0.410 e. The van der Waals surface area contributed by atoms with E-state index in [0.717, 1.165) is 41.2 Å². The molecule has 5 heterocycles. The Bertz CT molecular complexity index is 1720. The van der Waals surface area contributed by atoms with Gasteiger partial charge in [-0.1, -0.05) is 11.7 Å². The molecule has 3 aromatic rings. The maximum absolute atomic E-state index is 12.7. The van der Waals surface area contributed by atoms with E-state index >= 15 is 0 Å². The lowest BCUT2D eigenvalue weighted by atomic mass is 9.72. The average molecular weight is 660 g/mol. The molecule has 0 aromatic carbocycles. The molecule has 248 valence electrons. The number of nitriles is 1. The van der Waals surface area contributed by atoms with Gasteiger partial charge < -0.3 is 34.6 Å². The lowest BCUT2D eigenvalue weighted by Crippen LogP contribution is -2.50. The number of rotatable bonds is 5. The van der Waals surface area contributed by atoms with E-state index in [-0.39, 0.29) is 12.0 Å². The molecule has 6 rings (SSSR count). The average Bonchev–Trinajstić information content (AvgIpc) is 3.69. The highest BCUT2D eigenvalue weighted by atomic mass is 32.1. The van der Waals surface area contributed by atoms with Crippen molar-refractivity contribution < 1.29 is 18.8 Å². The van der Waals surface area contributed by atoms with Crippen molar-refractivity contribution in [1.29, 1.82) is 5.26 Å². The van der Waals surface area contributed by atoms with E-state index in [9.17, 15) is 14.9 Å². The van der Waals surface area contributed by atoms with Gasteiger partial charge in [0.25, 0.3) is 0 Å². The van der Waals surface area contributed by atoms with Gasteiger partial charge in [0.05, 0.1) is 11.0 Å². The SMILES string of the molecule is C=CC(=O)N1CCN(c2cc(-c3noc(C4(C)CCCc5sc(N)c(C#N)c54)n3)nc(N3CCN(C(=O)OC(C)(C)C)CC3)c2)CC1. The van der Waals surface area contributed by atoms with E-state index in [2.05, 4.69) is 27.6 Å². The Hall–Kier alpha value is -4.64. The molecule has 1 atom stereocenters. The third-order valence-electron chi connectivity index (χ3n) is 9.06. The summed E-state index contributed by atoms with van der Waals surface area (Å²) in [7, 11) is 0. The van der Waals surface area contributed by atoms with Crippen molar-refractivity contribution >= 4 is 39.8 Å². The van der Waals surface area contributed by atoms with Crippen LogP contribution in [0.1, 0.15) is 62.4 Å². The van der Waals surface area contributed by atoms with Gasteiger partial charge in [0.1, 0.15) is 28.2 Å². The highest BCUT2D eigenvalue weighted by Crippen LogP contribution is 2.48. The van der Waals surface area contributed by atoms with E-state index in [4.69, 9.17) is 25.0 Å². The summed E-state index contributed by atoms with van der Waals surface area (Å²) in [5, 5.41) is 14.8. The van der Waals surface area contributed by atoms with Crippen molar-refractivity contribution in [3.63, 3.8) is 0 Å². The normalized spacial score (nSPS) is 20.1. The van der Waals surface area contributed by atoms with Crippen LogP contribution >= 0.6 is 11.3 Å². The molecule has 3 aliphatic rings. The van der Waals surface area contributed by atoms with Crippen molar-refractivity contribution in [3.05, 3.63) is 46.7 Å². The van der Waals surface area contributed by atoms with Crippen LogP contribution in [0.3, 0.4) is 0 Å². The third kappa shape index (κ3) is 6.36. The van der Waals surface area contributed by atoms with E-state index in [0.29, 0.717) is 80.3 Å². The summed E-state index contributed by atoms with van der Waals surface area (Å²) in [5.74, 6) is 1.44. The van der Waals surface area contributed by atoms with Gasteiger partial charge in [0.2, 0.25) is 17.6 Å². The van der Waals surface area contributed by atoms with E-state index in [1.165, 1.54) is 17.4 Å². The van der Waals surface area contributed by atoms with Crippen LogP contribution in [-0.2, 0) is 21.4 Å². The molecule has 47 heavy (non-hydrogen) atoms. The molecule has 2 amide bonds. The first-order valence-corrected chi connectivity index (χ1v) is 16.8. The molecule has 2 fully saturated rings. The van der Waals surface area contributed by atoms with Gasteiger partial charge in [-0.25, -0.2) is 9.78 Å². The zero-order valence-electron chi connectivity index (χ0n) is 27.4. The third-order valence-corrected chi connectivity index (χ3v) is 10.1. The number of hydrogen-bond donors (Lipinski definition) is 1. The summed E-state index contributed by atoms with van der Waals surface area (Å²) in [5.41, 5.74) is 7.90. The summed E-state index contributed by atoms with van der Waals surface area (Å²) in [6.45, 7) is 15.8. The Kier molecular flexibility index (Phi) is 8.61. The second kappa shape index (κ2) is 12.5. The fourth-order valence-electron chi connectivity index (χ4n) is 6.58. The molecule has 0 bridgehead atoms. The molecule has 2 saturated heterocycles. The summed E-state index contributed by atoms with van der Waals surface area (Å²) in [4.78, 5) is 43.8. The lowest BCUT2D eigenvalue weighted by Gasteiger charge is -2.38. The second-order valence-electron chi connectivity index (χ2n) is 13.4. The van der Waals surface area contributed by atoms with E-state index in [1.54, 1.807) is 9.80 Å². The first-order chi connectivity index (χ1) is 22.4.